The van der Waals surface area contributed by atoms with Crippen LogP contribution in [0.3, 0.4) is 0 Å². The molecule has 0 spiro atoms. The molecule has 1 aromatic carbocycles. The molecule has 1 heterocycles. The predicted molar refractivity (Wildman–Crippen MR) is 64.4 cm³/mol. The molecule has 0 saturated heterocycles. The maximum Gasteiger partial charge on any atom is 0.140 e. The molecule has 3 nitrogen and oxygen atoms in total. The van der Waals surface area contributed by atoms with Crippen LogP contribution in [0.4, 0.5) is 5.82 Å². The molecule has 0 fully saturated rings. The lowest BCUT2D eigenvalue weighted by Gasteiger charge is -2.03. The van der Waals surface area contributed by atoms with E-state index in [-0.39, 0.29) is 0 Å². The lowest BCUT2D eigenvalue weighted by Crippen LogP contribution is -2.01. The van der Waals surface area contributed by atoms with Crippen LogP contribution in [-0.2, 0) is 0 Å². The maximum atomic E-state index is 6.00. The van der Waals surface area contributed by atoms with Gasteiger partial charge in [-0.2, -0.15) is 5.10 Å². The number of thioether (sulfide) groups is 1. The van der Waals surface area contributed by atoms with Crippen molar-refractivity contribution in [2.75, 3.05) is 11.5 Å². The minimum absolute atomic E-state index is 0.716. The van der Waals surface area contributed by atoms with Gasteiger partial charge in [0.2, 0.25) is 0 Å². The first kappa shape index (κ1) is 10.1. The number of nitrogen functional groups attached to an aromatic ring is 1. The van der Waals surface area contributed by atoms with E-state index >= 15 is 0 Å². The molecule has 2 rings (SSSR count). The van der Waals surface area contributed by atoms with E-state index in [1.807, 2.05) is 36.5 Å². The fourth-order valence-electron chi connectivity index (χ4n) is 1.38. The van der Waals surface area contributed by atoms with Gasteiger partial charge < -0.3 is 5.73 Å². The number of rotatable bonds is 3. The Bertz CT molecular complexity index is 436. The summed E-state index contributed by atoms with van der Waals surface area (Å²) in [5, 5.41) is 4.28. The minimum atomic E-state index is 0.716. The van der Waals surface area contributed by atoms with Crippen LogP contribution >= 0.6 is 11.8 Å². The third-order valence-corrected chi connectivity index (χ3v) is 2.99. The van der Waals surface area contributed by atoms with Crippen LogP contribution in [0.5, 0.6) is 0 Å². The third-order valence-electron chi connectivity index (χ3n) is 2.07. The first-order valence-corrected chi connectivity index (χ1v) is 5.83. The van der Waals surface area contributed by atoms with Crippen LogP contribution < -0.4 is 5.73 Å². The zero-order valence-electron chi connectivity index (χ0n) is 8.55. The van der Waals surface area contributed by atoms with Gasteiger partial charge in [0.05, 0.1) is 16.8 Å². The quantitative estimate of drug-likeness (QED) is 0.807. The van der Waals surface area contributed by atoms with Crippen molar-refractivity contribution >= 4 is 17.6 Å². The number of hydrogen-bond donors (Lipinski definition) is 1. The average Bonchev–Trinajstić information content (AvgIpc) is 2.63. The Labute approximate surface area is 93.3 Å². The van der Waals surface area contributed by atoms with Crippen molar-refractivity contribution in [3.8, 4) is 5.69 Å². The predicted octanol–water partition coefficient (Wildman–Crippen LogP) is 2.57. The summed E-state index contributed by atoms with van der Waals surface area (Å²) in [6, 6.07) is 9.91. The summed E-state index contributed by atoms with van der Waals surface area (Å²) < 4.78 is 1.76. The zero-order chi connectivity index (χ0) is 10.7. The van der Waals surface area contributed by atoms with Gasteiger partial charge in [0.1, 0.15) is 5.82 Å². The second kappa shape index (κ2) is 4.40. The van der Waals surface area contributed by atoms with Crippen molar-refractivity contribution in [1.29, 1.82) is 0 Å². The van der Waals surface area contributed by atoms with E-state index in [2.05, 4.69) is 12.0 Å². The van der Waals surface area contributed by atoms with Gasteiger partial charge in [0.25, 0.3) is 0 Å². The van der Waals surface area contributed by atoms with Crippen LogP contribution in [-0.4, -0.2) is 15.5 Å². The fourth-order valence-corrected chi connectivity index (χ4v) is 2.05. The highest BCUT2D eigenvalue weighted by atomic mass is 32.2. The fraction of sp³-hybridized carbons (Fsp3) is 0.182. The monoisotopic (exact) mass is 219 g/mol. The Hall–Kier alpha value is -1.42. The Morgan fingerprint density at radius 2 is 2.07 bits per heavy atom. The number of para-hydroxylation sites is 1. The molecule has 0 aliphatic carbocycles. The van der Waals surface area contributed by atoms with Crippen LogP contribution in [0.2, 0.25) is 0 Å². The van der Waals surface area contributed by atoms with Crippen molar-refractivity contribution in [3.05, 3.63) is 36.5 Å². The molecule has 78 valence electrons. The van der Waals surface area contributed by atoms with Crippen LogP contribution in [0.25, 0.3) is 5.69 Å². The highest BCUT2D eigenvalue weighted by Crippen LogP contribution is 2.26. The van der Waals surface area contributed by atoms with E-state index in [9.17, 15) is 0 Å². The van der Waals surface area contributed by atoms with E-state index in [0.717, 1.165) is 16.3 Å². The van der Waals surface area contributed by atoms with Crippen molar-refractivity contribution in [3.63, 3.8) is 0 Å². The topological polar surface area (TPSA) is 43.8 Å². The molecule has 0 bridgehead atoms. The Morgan fingerprint density at radius 3 is 2.73 bits per heavy atom. The molecule has 2 aromatic rings. The van der Waals surface area contributed by atoms with Gasteiger partial charge >= 0.3 is 0 Å². The summed E-state index contributed by atoms with van der Waals surface area (Å²) >= 11 is 1.71. The molecule has 0 aliphatic heterocycles. The number of aromatic nitrogens is 2. The van der Waals surface area contributed by atoms with Gasteiger partial charge in [-0.05, 0) is 17.9 Å². The van der Waals surface area contributed by atoms with Crippen molar-refractivity contribution in [1.82, 2.24) is 9.78 Å². The normalized spacial score (nSPS) is 10.5. The summed E-state index contributed by atoms with van der Waals surface area (Å²) in [6.45, 7) is 2.10. The summed E-state index contributed by atoms with van der Waals surface area (Å²) in [5.41, 5.74) is 7.00. The van der Waals surface area contributed by atoms with Crippen molar-refractivity contribution in [2.45, 2.75) is 11.8 Å². The first-order chi connectivity index (χ1) is 7.33. The summed E-state index contributed by atoms with van der Waals surface area (Å²) in [7, 11) is 0. The Balaban J connectivity index is 2.38. The molecule has 15 heavy (non-hydrogen) atoms. The lowest BCUT2D eigenvalue weighted by atomic mass is 10.3. The Morgan fingerprint density at radius 1 is 1.33 bits per heavy atom. The van der Waals surface area contributed by atoms with Gasteiger partial charge in [-0.25, -0.2) is 4.68 Å². The molecule has 0 radical (unpaired) electrons. The largest absolute Gasteiger partial charge is 0.383 e. The highest BCUT2D eigenvalue weighted by Gasteiger charge is 2.07. The molecule has 0 unspecified atom stereocenters. The third kappa shape index (κ3) is 1.99. The van der Waals surface area contributed by atoms with Crippen LogP contribution in [0.1, 0.15) is 6.92 Å². The summed E-state index contributed by atoms with van der Waals surface area (Å²) in [4.78, 5) is 1.04. The lowest BCUT2D eigenvalue weighted by molar-refractivity contribution is 0.891. The van der Waals surface area contributed by atoms with E-state index in [1.165, 1.54) is 0 Å². The first-order valence-electron chi connectivity index (χ1n) is 4.84. The number of hydrogen-bond acceptors (Lipinski definition) is 3. The molecule has 0 amide bonds. The van der Waals surface area contributed by atoms with E-state index < -0.39 is 0 Å². The van der Waals surface area contributed by atoms with Gasteiger partial charge in [0, 0.05) is 0 Å². The molecule has 0 aliphatic rings. The molecular formula is C11H13N3S. The molecule has 4 heteroatoms. The number of anilines is 1. The van der Waals surface area contributed by atoms with Gasteiger partial charge in [0.15, 0.2) is 0 Å². The van der Waals surface area contributed by atoms with E-state index in [0.29, 0.717) is 5.82 Å². The Kier molecular flexibility index (Phi) is 2.97. The average molecular weight is 219 g/mol. The number of benzene rings is 1. The standard InChI is InChI=1S/C11H13N3S/c1-2-15-10-8-13-14(11(10)12)9-6-4-3-5-7-9/h3-8H,2,12H2,1H3. The highest BCUT2D eigenvalue weighted by molar-refractivity contribution is 7.99. The van der Waals surface area contributed by atoms with E-state index in [1.54, 1.807) is 16.4 Å². The zero-order valence-corrected chi connectivity index (χ0v) is 9.37. The van der Waals surface area contributed by atoms with Gasteiger partial charge in [-0.3, -0.25) is 0 Å². The van der Waals surface area contributed by atoms with Crippen molar-refractivity contribution < 1.29 is 0 Å². The number of nitrogens with two attached hydrogens (primary N) is 1. The second-order valence-electron chi connectivity index (χ2n) is 3.07. The van der Waals surface area contributed by atoms with Crippen LogP contribution in [0.15, 0.2) is 41.4 Å². The molecule has 0 atom stereocenters. The van der Waals surface area contributed by atoms with Crippen LogP contribution in [0, 0.1) is 0 Å². The molecular weight excluding hydrogens is 206 g/mol. The molecule has 1 aromatic heterocycles. The molecule has 0 saturated carbocycles. The SMILES string of the molecule is CCSc1cnn(-c2ccccc2)c1N. The van der Waals surface area contributed by atoms with E-state index in [4.69, 9.17) is 5.73 Å². The number of nitrogens with zero attached hydrogens (tertiary/aromatic N) is 2. The summed E-state index contributed by atoms with van der Waals surface area (Å²) in [5.74, 6) is 1.72. The molecule has 2 N–H and O–H groups in total. The maximum absolute atomic E-state index is 6.00. The van der Waals surface area contributed by atoms with Gasteiger partial charge in [-0.15, -0.1) is 11.8 Å². The second-order valence-corrected chi connectivity index (χ2v) is 4.38. The smallest absolute Gasteiger partial charge is 0.140 e. The minimum Gasteiger partial charge on any atom is -0.383 e. The van der Waals surface area contributed by atoms with Crippen molar-refractivity contribution in [2.24, 2.45) is 0 Å². The summed E-state index contributed by atoms with van der Waals surface area (Å²) in [6.07, 6.45) is 1.82. The van der Waals surface area contributed by atoms with Gasteiger partial charge in [-0.1, -0.05) is 25.1 Å².